The summed E-state index contributed by atoms with van der Waals surface area (Å²) in [5.74, 6) is -0.764. The van der Waals surface area contributed by atoms with Gasteiger partial charge in [0.1, 0.15) is 0 Å². The molecule has 0 spiro atoms. The maximum Gasteiger partial charge on any atom is 0.331 e. The van der Waals surface area contributed by atoms with Crippen LogP contribution >= 0.6 is 0 Å². The summed E-state index contributed by atoms with van der Waals surface area (Å²) in [5, 5.41) is 8.66. The van der Waals surface area contributed by atoms with Crippen molar-refractivity contribution in [1.82, 2.24) is 0 Å². The second-order valence-electron chi connectivity index (χ2n) is 6.92. The lowest BCUT2D eigenvalue weighted by Gasteiger charge is -2.25. The largest absolute Gasteiger partial charge is 0.478 e. The van der Waals surface area contributed by atoms with E-state index in [0.717, 1.165) is 19.3 Å². The Morgan fingerprint density at radius 2 is 1.13 bits per heavy atom. The zero-order valence-corrected chi connectivity index (χ0v) is 17.9. The van der Waals surface area contributed by atoms with Crippen LogP contribution in [0.2, 0.25) is 0 Å². The lowest BCUT2D eigenvalue weighted by atomic mass is 10.1. The van der Waals surface area contributed by atoms with Gasteiger partial charge in [0, 0.05) is 22.6 Å². The highest BCUT2D eigenvalue weighted by Crippen LogP contribution is 2.33. The van der Waals surface area contributed by atoms with Crippen molar-refractivity contribution in [2.45, 2.75) is 39.5 Å². The van der Waals surface area contributed by atoms with Crippen molar-refractivity contribution >= 4 is 23.0 Å². The van der Waals surface area contributed by atoms with E-state index in [4.69, 9.17) is 5.11 Å². The molecule has 0 aliphatic carbocycles. The molecule has 0 fully saturated rings. The van der Waals surface area contributed by atoms with Crippen LogP contribution in [0.25, 0.3) is 0 Å². The molecule has 0 saturated carbocycles. The van der Waals surface area contributed by atoms with E-state index in [1.165, 1.54) is 17.1 Å². The summed E-state index contributed by atoms with van der Waals surface area (Å²) in [6, 6.07) is 31.3. The molecule has 0 radical (unpaired) electrons. The number of rotatable bonds is 8. The molecule has 0 saturated heterocycles. The Balaban J connectivity index is 0.000000252. The predicted octanol–water partition coefficient (Wildman–Crippen LogP) is 7.75. The SMILES string of the molecule is CCC/C=C(\CCC)C(=O)O.c1ccc(N(c2ccccc2)c2ccccc2)cc1. The minimum absolute atomic E-state index is 0.564. The van der Waals surface area contributed by atoms with Crippen molar-refractivity contribution in [1.29, 1.82) is 0 Å². The number of aliphatic carboxylic acids is 1. The van der Waals surface area contributed by atoms with E-state index in [2.05, 4.69) is 77.7 Å². The zero-order chi connectivity index (χ0) is 21.6. The maximum atomic E-state index is 10.5. The van der Waals surface area contributed by atoms with Gasteiger partial charge in [-0.05, 0) is 49.2 Å². The van der Waals surface area contributed by atoms with Gasteiger partial charge in [-0.2, -0.15) is 0 Å². The Morgan fingerprint density at radius 3 is 1.43 bits per heavy atom. The zero-order valence-electron chi connectivity index (χ0n) is 17.9. The third-order valence-electron chi connectivity index (χ3n) is 4.52. The number of carboxylic acid groups (broad SMARTS) is 1. The smallest absolute Gasteiger partial charge is 0.331 e. The van der Waals surface area contributed by atoms with Gasteiger partial charge in [0.25, 0.3) is 0 Å². The molecule has 0 unspecified atom stereocenters. The summed E-state index contributed by atoms with van der Waals surface area (Å²) < 4.78 is 0. The summed E-state index contributed by atoms with van der Waals surface area (Å²) in [6.45, 7) is 4.03. The van der Waals surface area contributed by atoms with Gasteiger partial charge >= 0.3 is 5.97 Å². The predicted molar refractivity (Wildman–Crippen MR) is 127 cm³/mol. The van der Waals surface area contributed by atoms with Crippen molar-refractivity contribution in [3.05, 3.63) is 103 Å². The molecule has 0 amide bonds. The molecular weight excluding hydrogens is 370 g/mol. The Morgan fingerprint density at radius 1 is 0.733 bits per heavy atom. The molecule has 0 aliphatic rings. The lowest BCUT2D eigenvalue weighted by Crippen LogP contribution is -2.09. The second-order valence-corrected chi connectivity index (χ2v) is 6.92. The van der Waals surface area contributed by atoms with Gasteiger partial charge in [-0.1, -0.05) is 87.4 Å². The highest BCUT2D eigenvalue weighted by molar-refractivity contribution is 5.86. The first-order valence-corrected chi connectivity index (χ1v) is 10.5. The van der Waals surface area contributed by atoms with Crippen molar-refractivity contribution in [3.8, 4) is 0 Å². The number of unbranched alkanes of at least 4 members (excludes halogenated alkanes) is 1. The first-order chi connectivity index (χ1) is 14.7. The van der Waals surface area contributed by atoms with Crippen molar-refractivity contribution in [2.24, 2.45) is 0 Å². The maximum absolute atomic E-state index is 10.5. The number of benzene rings is 3. The van der Waals surface area contributed by atoms with Crippen molar-refractivity contribution in [2.75, 3.05) is 4.90 Å². The number of allylic oxidation sites excluding steroid dienone is 1. The van der Waals surface area contributed by atoms with E-state index in [9.17, 15) is 4.79 Å². The van der Waals surface area contributed by atoms with E-state index in [1.54, 1.807) is 0 Å². The molecule has 3 aromatic rings. The van der Waals surface area contributed by atoms with Crippen LogP contribution in [0.4, 0.5) is 17.1 Å². The summed E-state index contributed by atoms with van der Waals surface area (Å²) >= 11 is 0. The third-order valence-corrected chi connectivity index (χ3v) is 4.52. The molecule has 3 aromatic carbocycles. The molecule has 0 aliphatic heterocycles. The molecule has 3 heteroatoms. The van der Waals surface area contributed by atoms with Crippen molar-refractivity contribution < 1.29 is 9.90 Å². The molecule has 3 nitrogen and oxygen atoms in total. The molecule has 3 rings (SSSR count). The third kappa shape index (κ3) is 7.25. The van der Waals surface area contributed by atoms with Gasteiger partial charge in [-0.25, -0.2) is 4.79 Å². The first-order valence-electron chi connectivity index (χ1n) is 10.5. The Hall–Kier alpha value is -3.33. The van der Waals surface area contributed by atoms with E-state index in [-0.39, 0.29) is 0 Å². The summed E-state index contributed by atoms with van der Waals surface area (Å²) in [5.41, 5.74) is 4.06. The van der Waals surface area contributed by atoms with E-state index >= 15 is 0 Å². The molecule has 1 N–H and O–H groups in total. The molecule has 0 heterocycles. The summed E-state index contributed by atoms with van der Waals surface area (Å²) in [4.78, 5) is 12.8. The average molecular weight is 402 g/mol. The Labute approximate surface area is 180 Å². The van der Waals surface area contributed by atoms with Crippen LogP contribution in [0.3, 0.4) is 0 Å². The van der Waals surface area contributed by atoms with Crippen LogP contribution in [-0.4, -0.2) is 11.1 Å². The van der Waals surface area contributed by atoms with Gasteiger partial charge in [-0.3, -0.25) is 0 Å². The number of carbonyl (C=O) groups is 1. The van der Waals surface area contributed by atoms with Gasteiger partial charge in [0.2, 0.25) is 0 Å². The number of hydrogen-bond donors (Lipinski definition) is 1. The van der Waals surface area contributed by atoms with Crippen molar-refractivity contribution in [3.63, 3.8) is 0 Å². The van der Waals surface area contributed by atoms with E-state index < -0.39 is 5.97 Å². The fourth-order valence-electron chi connectivity index (χ4n) is 3.06. The van der Waals surface area contributed by atoms with Crippen LogP contribution in [-0.2, 0) is 4.79 Å². The van der Waals surface area contributed by atoms with E-state index in [0.29, 0.717) is 12.0 Å². The molecule has 156 valence electrons. The fraction of sp³-hybridized carbons (Fsp3) is 0.222. The fourth-order valence-corrected chi connectivity index (χ4v) is 3.06. The Kier molecular flexibility index (Phi) is 9.94. The molecule has 0 aromatic heterocycles. The van der Waals surface area contributed by atoms with Gasteiger partial charge in [-0.15, -0.1) is 0 Å². The van der Waals surface area contributed by atoms with Gasteiger partial charge < -0.3 is 10.0 Å². The number of hydrogen-bond acceptors (Lipinski definition) is 2. The standard InChI is InChI=1S/C18H15N.C9H16O2/c1-4-10-16(11-5-1)19(17-12-6-2-7-13-17)18-14-8-3-9-15-18;1-3-5-7-8(6-4-2)9(10)11/h1-15H;7H,3-6H2,1-2H3,(H,10,11)/b;8-7+. The monoisotopic (exact) mass is 401 g/mol. The minimum Gasteiger partial charge on any atom is -0.478 e. The number of carboxylic acids is 1. The van der Waals surface area contributed by atoms with E-state index in [1.807, 2.05) is 38.1 Å². The average Bonchev–Trinajstić information content (AvgIpc) is 2.79. The number of para-hydroxylation sites is 3. The van der Waals surface area contributed by atoms with Gasteiger partial charge in [0.15, 0.2) is 0 Å². The number of nitrogens with zero attached hydrogens (tertiary/aromatic N) is 1. The molecule has 30 heavy (non-hydrogen) atoms. The molecule has 0 atom stereocenters. The highest BCUT2D eigenvalue weighted by Gasteiger charge is 2.10. The highest BCUT2D eigenvalue weighted by atomic mass is 16.4. The topological polar surface area (TPSA) is 40.5 Å². The summed E-state index contributed by atoms with van der Waals surface area (Å²) in [6.07, 6.45) is 5.31. The van der Waals surface area contributed by atoms with Gasteiger partial charge in [0.05, 0.1) is 0 Å². The lowest BCUT2D eigenvalue weighted by molar-refractivity contribution is -0.132. The van der Waals surface area contributed by atoms with Crippen LogP contribution in [0, 0.1) is 0 Å². The summed E-state index contributed by atoms with van der Waals surface area (Å²) in [7, 11) is 0. The van der Waals surface area contributed by atoms with Crippen LogP contribution < -0.4 is 4.90 Å². The first kappa shape index (κ1) is 23.0. The van der Waals surface area contributed by atoms with Crippen LogP contribution in [0.5, 0.6) is 0 Å². The minimum atomic E-state index is -0.764. The van der Waals surface area contributed by atoms with Crippen LogP contribution in [0.1, 0.15) is 39.5 Å². The molecule has 0 bridgehead atoms. The normalized spacial score (nSPS) is 10.7. The Bertz CT molecular complexity index is 796. The molecular formula is C27H31NO2. The quantitative estimate of drug-likeness (QED) is 0.392. The number of anilines is 3. The second kappa shape index (κ2) is 13.0. The van der Waals surface area contributed by atoms with Crippen LogP contribution in [0.15, 0.2) is 103 Å².